The molecule has 3 heterocycles. The van der Waals surface area contributed by atoms with Crippen LogP contribution in [0.4, 0.5) is 14.5 Å². The molecule has 0 bridgehead atoms. The first-order chi connectivity index (χ1) is 19.7. The molecule has 0 saturated carbocycles. The van der Waals surface area contributed by atoms with Crippen LogP contribution in [-0.4, -0.2) is 82.9 Å². The summed E-state index contributed by atoms with van der Waals surface area (Å²) in [7, 11) is 2.73. The van der Waals surface area contributed by atoms with Gasteiger partial charge in [0.1, 0.15) is 6.04 Å². The zero-order chi connectivity index (χ0) is 29.3. The minimum atomic E-state index is -1.14. The zero-order valence-corrected chi connectivity index (χ0v) is 23.0. The van der Waals surface area contributed by atoms with Crippen molar-refractivity contribution < 1.29 is 27.9 Å². The number of imidazole rings is 1. The van der Waals surface area contributed by atoms with E-state index in [9.17, 15) is 23.2 Å². The van der Waals surface area contributed by atoms with Crippen molar-refractivity contribution in [1.82, 2.24) is 24.7 Å². The summed E-state index contributed by atoms with van der Waals surface area (Å²) >= 11 is 6.42. The Hall–Kier alpha value is -4.29. The summed E-state index contributed by atoms with van der Waals surface area (Å²) in [4.78, 5) is 46.1. The van der Waals surface area contributed by atoms with Crippen LogP contribution in [0.5, 0.6) is 5.75 Å². The Bertz CT molecular complexity index is 1550. The van der Waals surface area contributed by atoms with Gasteiger partial charge in [0.05, 0.1) is 29.6 Å². The first-order valence-corrected chi connectivity index (χ1v) is 13.2. The fraction of sp³-hybridized carbons (Fsp3) is 0.286. The van der Waals surface area contributed by atoms with Crippen molar-refractivity contribution in [2.24, 2.45) is 7.05 Å². The molecule has 1 atom stereocenters. The van der Waals surface area contributed by atoms with Gasteiger partial charge in [-0.1, -0.05) is 23.8 Å². The zero-order valence-electron chi connectivity index (χ0n) is 22.3. The van der Waals surface area contributed by atoms with Gasteiger partial charge in [0.2, 0.25) is 11.7 Å². The number of hydrogen-bond donors (Lipinski definition) is 2. The van der Waals surface area contributed by atoms with Crippen molar-refractivity contribution in [3.8, 4) is 17.0 Å². The summed E-state index contributed by atoms with van der Waals surface area (Å²) in [6, 6.07) is 6.82. The molecule has 3 amide bonds. The number of amides is 3. The van der Waals surface area contributed by atoms with Crippen LogP contribution in [0, 0.1) is 11.6 Å². The number of anilines is 1. The first kappa shape index (κ1) is 28.2. The molecule has 2 N–H and O–H groups in total. The molecule has 41 heavy (non-hydrogen) atoms. The summed E-state index contributed by atoms with van der Waals surface area (Å²) in [5, 5.41) is 5.91. The van der Waals surface area contributed by atoms with Gasteiger partial charge < -0.3 is 24.4 Å². The Kier molecular flexibility index (Phi) is 8.04. The van der Waals surface area contributed by atoms with E-state index >= 15 is 0 Å². The molecule has 2 aromatic carbocycles. The SMILES string of the molecule is COc1ccc(-c2cnc(C(=O)Nc3ccc(C(=O)N4CCN(C(=O)[C@@H]5C=CCN5)CC4)c(Cl)c3)n2C)c(F)c1F. The minimum absolute atomic E-state index is 0.00916. The molecular weight excluding hydrogens is 558 g/mol. The third-order valence-electron chi connectivity index (χ3n) is 7.12. The third kappa shape index (κ3) is 5.52. The highest BCUT2D eigenvalue weighted by atomic mass is 35.5. The number of ether oxygens (including phenoxy) is 1. The number of rotatable bonds is 6. The number of carbonyl (C=O) groups excluding carboxylic acids is 3. The molecule has 0 spiro atoms. The van der Waals surface area contributed by atoms with Crippen LogP contribution in [0.2, 0.25) is 5.02 Å². The summed E-state index contributed by atoms with van der Waals surface area (Å²) in [5.74, 6) is -3.46. The highest BCUT2D eigenvalue weighted by molar-refractivity contribution is 6.34. The Labute approximate surface area is 239 Å². The topological polar surface area (TPSA) is 109 Å². The van der Waals surface area contributed by atoms with Crippen molar-refractivity contribution in [3.63, 3.8) is 0 Å². The summed E-state index contributed by atoms with van der Waals surface area (Å²) in [5.41, 5.74) is 0.683. The van der Waals surface area contributed by atoms with Crippen molar-refractivity contribution in [2.45, 2.75) is 6.04 Å². The van der Waals surface area contributed by atoms with Gasteiger partial charge in [-0.15, -0.1) is 0 Å². The molecule has 3 aromatic rings. The molecule has 1 saturated heterocycles. The average Bonchev–Trinajstić information content (AvgIpc) is 3.64. The van der Waals surface area contributed by atoms with Gasteiger partial charge in [-0.2, -0.15) is 4.39 Å². The summed E-state index contributed by atoms with van der Waals surface area (Å²) in [6.07, 6.45) is 5.02. The second kappa shape index (κ2) is 11.7. The van der Waals surface area contributed by atoms with Gasteiger partial charge in [-0.25, -0.2) is 9.37 Å². The molecule has 2 aliphatic rings. The Morgan fingerprint density at radius 2 is 1.80 bits per heavy atom. The van der Waals surface area contributed by atoms with E-state index in [1.807, 2.05) is 12.2 Å². The number of nitrogens with zero attached hydrogens (tertiary/aromatic N) is 4. The largest absolute Gasteiger partial charge is 0.494 e. The van der Waals surface area contributed by atoms with Crippen LogP contribution in [0.25, 0.3) is 11.3 Å². The normalized spacial score (nSPS) is 16.7. The maximum Gasteiger partial charge on any atom is 0.291 e. The Morgan fingerprint density at radius 1 is 1.07 bits per heavy atom. The minimum Gasteiger partial charge on any atom is -0.494 e. The quantitative estimate of drug-likeness (QED) is 0.431. The lowest BCUT2D eigenvalue weighted by molar-refractivity contribution is -0.133. The molecule has 5 rings (SSSR count). The summed E-state index contributed by atoms with van der Waals surface area (Å²) < 4.78 is 35.0. The van der Waals surface area contributed by atoms with Crippen LogP contribution < -0.4 is 15.4 Å². The van der Waals surface area contributed by atoms with Gasteiger partial charge >= 0.3 is 0 Å². The maximum absolute atomic E-state index is 14.6. The van der Waals surface area contributed by atoms with Gasteiger partial charge in [0.25, 0.3) is 11.8 Å². The van der Waals surface area contributed by atoms with E-state index in [4.69, 9.17) is 16.3 Å². The van der Waals surface area contributed by atoms with E-state index < -0.39 is 17.5 Å². The second-order valence-corrected chi connectivity index (χ2v) is 9.96. The molecule has 214 valence electrons. The van der Waals surface area contributed by atoms with Crippen molar-refractivity contribution in [3.05, 3.63) is 76.7 Å². The number of carbonyl (C=O) groups is 3. The predicted molar refractivity (Wildman–Crippen MR) is 148 cm³/mol. The molecule has 10 nitrogen and oxygen atoms in total. The van der Waals surface area contributed by atoms with Gasteiger partial charge in [-0.3, -0.25) is 19.7 Å². The maximum atomic E-state index is 14.6. The molecular formula is C28H27ClF2N6O4. The van der Waals surface area contributed by atoms with E-state index in [2.05, 4.69) is 15.6 Å². The molecule has 2 aliphatic heterocycles. The third-order valence-corrected chi connectivity index (χ3v) is 7.43. The lowest BCUT2D eigenvalue weighted by Gasteiger charge is -2.36. The molecule has 0 aliphatic carbocycles. The molecule has 0 radical (unpaired) electrons. The van der Waals surface area contributed by atoms with E-state index in [1.54, 1.807) is 9.80 Å². The van der Waals surface area contributed by atoms with Crippen molar-refractivity contribution in [2.75, 3.05) is 45.2 Å². The number of hydrogen-bond acceptors (Lipinski definition) is 6. The highest BCUT2D eigenvalue weighted by Gasteiger charge is 2.30. The van der Waals surface area contributed by atoms with Crippen LogP contribution in [0.3, 0.4) is 0 Å². The van der Waals surface area contributed by atoms with E-state index in [0.29, 0.717) is 38.4 Å². The Morgan fingerprint density at radius 3 is 2.46 bits per heavy atom. The van der Waals surface area contributed by atoms with Crippen LogP contribution in [0.1, 0.15) is 21.0 Å². The lowest BCUT2D eigenvalue weighted by atomic mass is 10.1. The van der Waals surface area contributed by atoms with Crippen molar-refractivity contribution in [1.29, 1.82) is 0 Å². The van der Waals surface area contributed by atoms with E-state index in [1.165, 1.54) is 55.3 Å². The molecule has 0 unspecified atom stereocenters. The van der Waals surface area contributed by atoms with Gasteiger partial charge in [-0.05, 0) is 30.3 Å². The highest BCUT2D eigenvalue weighted by Crippen LogP contribution is 2.30. The van der Waals surface area contributed by atoms with Gasteiger partial charge in [0.15, 0.2) is 17.4 Å². The molecule has 1 aromatic heterocycles. The smallest absolute Gasteiger partial charge is 0.291 e. The van der Waals surface area contributed by atoms with Crippen LogP contribution in [0.15, 0.2) is 48.7 Å². The van der Waals surface area contributed by atoms with Crippen molar-refractivity contribution >= 4 is 35.0 Å². The number of methoxy groups -OCH3 is 1. The lowest BCUT2D eigenvalue weighted by Crippen LogP contribution is -2.54. The fourth-order valence-electron chi connectivity index (χ4n) is 4.85. The monoisotopic (exact) mass is 584 g/mol. The second-order valence-electron chi connectivity index (χ2n) is 9.55. The number of halogens is 3. The van der Waals surface area contributed by atoms with Gasteiger partial charge in [0, 0.05) is 51.0 Å². The number of piperazine rings is 1. The van der Waals surface area contributed by atoms with Crippen LogP contribution in [-0.2, 0) is 11.8 Å². The summed E-state index contributed by atoms with van der Waals surface area (Å²) in [6.45, 7) is 2.24. The van der Waals surface area contributed by atoms with Crippen LogP contribution >= 0.6 is 11.6 Å². The number of benzene rings is 2. The standard InChI is InChI=1S/C28H27ClF2N6O4/c1-35-21(18-7-8-22(41-2)24(31)23(18)30)15-33-25(35)26(38)34-16-5-6-17(19(29)14-16)27(39)36-10-12-37(13-11-36)28(40)20-4-3-9-32-20/h3-8,14-15,20,32H,9-13H2,1-2H3,(H,34,38)/t20-/m0/s1. The Balaban J connectivity index is 1.24. The first-order valence-electron chi connectivity index (χ1n) is 12.8. The van der Waals surface area contributed by atoms with E-state index in [-0.39, 0.29) is 51.3 Å². The number of nitrogens with one attached hydrogen (secondary N) is 2. The van der Waals surface area contributed by atoms with E-state index in [0.717, 1.165) is 0 Å². The number of aromatic nitrogens is 2. The fourth-order valence-corrected chi connectivity index (χ4v) is 5.11. The predicted octanol–water partition coefficient (Wildman–Crippen LogP) is 3.09. The molecule has 13 heteroatoms. The average molecular weight is 585 g/mol. The molecule has 1 fully saturated rings.